The van der Waals surface area contributed by atoms with Crippen molar-refractivity contribution < 1.29 is 9.90 Å². The van der Waals surface area contributed by atoms with Crippen molar-refractivity contribution >= 4 is 5.97 Å². The largest absolute Gasteiger partial charge is 0.481 e. The SMILES string of the molecule is CCN(CC)C(CNC(C)C(C)C(=O)O)c1ccccc1. The third-order valence-electron chi connectivity index (χ3n) is 4.21. The Balaban J connectivity index is 2.77. The van der Waals surface area contributed by atoms with Gasteiger partial charge in [-0.3, -0.25) is 9.69 Å². The lowest BCUT2D eigenvalue weighted by atomic mass is 10.0. The van der Waals surface area contributed by atoms with Crippen LogP contribution in [0.1, 0.15) is 39.3 Å². The summed E-state index contributed by atoms with van der Waals surface area (Å²) in [6.45, 7) is 10.7. The van der Waals surface area contributed by atoms with Gasteiger partial charge in [-0.05, 0) is 25.6 Å². The number of carboxylic acids is 1. The molecule has 2 N–H and O–H groups in total. The summed E-state index contributed by atoms with van der Waals surface area (Å²) in [4.78, 5) is 13.4. The van der Waals surface area contributed by atoms with Crippen LogP contribution in [0.3, 0.4) is 0 Å². The predicted molar refractivity (Wildman–Crippen MR) is 86.4 cm³/mol. The molecule has 0 saturated heterocycles. The molecule has 21 heavy (non-hydrogen) atoms. The second kappa shape index (κ2) is 8.80. The van der Waals surface area contributed by atoms with E-state index in [9.17, 15) is 4.79 Å². The van der Waals surface area contributed by atoms with Crippen LogP contribution in [-0.4, -0.2) is 41.7 Å². The quantitative estimate of drug-likeness (QED) is 0.735. The summed E-state index contributed by atoms with van der Waals surface area (Å²) in [6, 6.07) is 10.6. The normalized spacial score (nSPS) is 15.7. The number of carboxylic acid groups (broad SMARTS) is 1. The van der Waals surface area contributed by atoms with Crippen molar-refractivity contribution in [3.05, 3.63) is 35.9 Å². The van der Waals surface area contributed by atoms with Crippen molar-refractivity contribution in [2.75, 3.05) is 19.6 Å². The van der Waals surface area contributed by atoms with Gasteiger partial charge in [0.05, 0.1) is 5.92 Å². The van der Waals surface area contributed by atoms with Crippen LogP contribution in [0.2, 0.25) is 0 Å². The highest BCUT2D eigenvalue weighted by Gasteiger charge is 2.22. The first-order chi connectivity index (χ1) is 10.0. The number of carbonyl (C=O) groups is 1. The maximum Gasteiger partial charge on any atom is 0.307 e. The van der Waals surface area contributed by atoms with E-state index >= 15 is 0 Å². The Hall–Kier alpha value is -1.39. The van der Waals surface area contributed by atoms with E-state index in [4.69, 9.17) is 5.11 Å². The van der Waals surface area contributed by atoms with Gasteiger partial charge in [-0.2, -0.15) is 0 Å². The van der Waals surface area contributed by atoms with Gasteiger partial charge in [-0.15, -0.1) is 0 Å². The van der Waals surface area contributed by atoms with Gasteiger partial charge in [0.1, 0.15) is 0 Å². The number of rotatable bonds is 9. The minimum Gasteiger partial charge on any atom is -0.481 e. The van der Waals surface area contributed by atoms with Gasteiger partial charge in [0.25, 0.3) is 0 Å². The summed E-state index contributed by atoms with van der Waals surface area (Å²) in [5.41, 5.74) is 1.27. The Bertz CT molecular complexity index is 418. The average molecular weight is 292 g/mol. The lowest BCUT2D eigenvalue weighted by Gasteiger charge is -2.32. The highest BCUT2D eigenvalue weighted by atomic mass is 16.4. The van der Waals surface area contributed by atoms with E-state index < -0.39 is 11.9 Å². The predicted octanol–water partition coefficient (Wildman–Crippen LogP) is 2.77. The van der Waals surface area contributed by atoms with Gasteiger partial charge >= 0.3 is 5.97 Å². The molecule has 0 aromatic heterocycles. The number of likely N-dealkylation sites (N-methyl/N-ethyl adjacent to an activating group) is 1. The van der Waals surface area contributed by atoms with Crippen LogP contribution in [0.4, 0.5) is 0 Å². The standard InChI is InChI=1S/C17H28N2O2/c1-5-19(6-2)16(15-10-8-7-9-11-15)12-18-14(4)13(3)17(20)21/h7-11,13-14,16,18H,5-6,12H2,1-4H3,(H,20,21). The molecule has 0 aliphatic rings. The van der Waals surface area contributed by atoms with Crippen molar-refractivity contribution in [3.8, 4) is 0 Å². The summed E-state index contributed by atoms with van der Waals surface area (Å²) in [5.74, 6) is -1.15. The minimum absolute atomic E-state index is 0.0516. The number of nitrogens with one attached hydrogen (secondary N) is 1. The van der Waals surface area contributed by atoms with Gasteiger partial charge < -0.3 is 10.4 Å². The van der Waals surface area contributed by atoms with Gasteiger partial charge in [-0.1, -0.05) is 51.1 Å². The van der Waals surface area contributed by atoms with Crippen molar-refractivity contribution in [3.63, 3.8) is 0 Å². The molecular formula is C17H28N2O2. The molecule has 4 heteroatoms. The van der Waals surface area contributed by atoms with E-state index in [1.165, 1.54) is 5.56 Å². The summed E-state index contributed by atoms with van der Waals surface area (Å²) in [7, 11) is 0. The van der Waals surface area contributed by atoms with Gasteiger partial charge in [0.2, 0.25) is 0 Å². The van der Waals surface area contributed by atoms with E-state index in [2.05, 4.69) is 48.3 Å². The van der Waals surface area contributed by atoms with Crippen LogP contribution in [-0.2, 0) is 4.79 Å². The summed E-state index contributed by atoms with van der Waals surface area (Å²) in [6.07, 6.45) is 0. The molecule has 1 rings (SSSR count). The lowest BCUT2D eigenvalue weighted by molar-refractivity contribution is -0.141. The fraction of sp³-hybridized carbons (Fsp3) is 0.588. The molecule has 1 aromatic carbocycles. The Morgan fingerprint density at radius 3 is 2.24 bits per heavy atom. The second-order valence-electron chi connectivity index (χ2n) is 5.47. The number of benzene rings is 1. The minimum atomic E-state index is -0.755. The number of nitrogens with zero attached hydrogens (tertiary/aromatic N) is 1. The molecule has 0 spiro atoms. The van der Waals surface area contributed by atoms with E-state index in [1.54, 1.807) is 6.92 Å². The van der Waals surface area contributed by atoms with Crippen molar-refractivity contribution in [1.29, 1.82) is 0 Å². The van der Waals surface area contributed by atoms with E-state index in [-0.39, 0.29) is 12.1 Å². The molecule has 3 unspecified atom stereocenters. The summed E-state index contributed by atoms with van der Waals surface area (Å²) < 4.78 is 0. The van der Waals surface area contributed by atoms with Crippen LogP contribution < -0.4 is 5.32 Å². The maximum atomic E-state index is 11.1. The molecule has 0 saturated carbocycles. The molecule has 4 nitrogen and oxygen atoms in total. The van der Waals surface area contributed by atoms with Crippen LogP contribution >= 0.6 is 0 Å². The number of aliphatic carboxylic acids is 1. The second-order valence-corrected chi connectivity index (χ2v) is 5.47. The smallest absolute Gasteiger partial charge is 0.307 e. The molecule has 1 aromatic rings. The average Bonchev–Trinajstić information content (AvgIpc) is 2.51. The lowest BCUT2D eigenvalue weighted by Crippen LogP contribution is -2.42. The fourth-order valence-corrected chi connectivity index (χ4v) is 2.49. The third kappa shape index (κ3) is 5.14. The molecule has 0 heterocycles. The molecule has 0 bridgehead atoms. The van der Waals surface area contributed by atoms with Crippen molar-refractivity contribution in [2.24, 2.45) is 5.92 Å². The van der Waals surface area contributed by atoms with E-state index in [0.29, 0.717) is 0 Å². The topological polar surface area (TPSA) is 52.6 Å². The number of hydrogen-bond acceptors (Lipinski definition) is 3. The highest BCUT2D eigenvalue weighted by Crippen LogP contribution is 2.20. The molecule has 0 aliphatic carbocycles. The Morgan fingerprint density at radius 2 is 1.76 bits per heavy atom. The van der Waals surface area contributed by atoms with Crippen LogP contribution in [0.25, 0.3) is 0 Å². The van der Waals surface area contributed by atoms with Crippen LogP contribution in [0, 0.1) is 5.92 Å². The summed E-state index contributed by atoms with van der Waals surface area (Å²) in [5, 5.41) is 12.5. The zero-order chi connectivity index (χ0) is 15.8. The van der Waals surface area contributed by atoms with E-state index in [1.807, 2.05) is 13.0 Å². The molecule has 0 amide bonds. The highest BCUT2D eigenvalue weighted by molar-refractivity contribution is 5.70. The van der Waals surface area contributed by atoms with Crippen molar-refractivity contribution in [1.82, 2.24) is 10.2 Å². The number of hydrogen-bond donors (Lipinski definition) is 2. The molecule has 0 aliphatic heterocycles. The zero-order valence-corrected chi connectivity index (χ0v) is 13.5. The first-order valence-corrected chi connectivity index (χ1v) is 7.76. The maximum absolute atomic E-state index is 11.1. The fourth-order valence-electron chi connectivity index (χ4n) is 2.49. The third-order valence-corrected chi connectivity index (χ3v) is 4.21. The molecular weight excluding hydrogens is 264 g/mol. The summed E-state index contributed by atoms with van der Waals surface area (Å²) >= 11 is 0. The monoisotopic (exact) mass is 292 g/mol. The Kier molecular flexibility index (Phi) is 7.40. The molecule has 0 radical (unpaired) electrons. The van der Waals surface area contributed by atoms with E-state index in [0.717, 1.165) is 19.6 Å². The molecule has 0 fully saturated rings. The zero-order valence-electron chi connectivity index (χ0n) is 13.5. The van der Waals surface area contributed by atoms with Gasteiger partial charge in [0, 0.05) is 18.6 Å². The van der Waals surface area contributed by atoms with Crippen LogP contribution in [0.5, 0.6) is 0 Å². The van der Waals surface area contributed by atoms with Crippen molar-refractivity contribution in [2.45, 2.75) is 39.8 Å². The van der Waals surface area contributed by atoms with Crippen LogP contribution in [0.15, 0.2) is 30.3 Å². The first-order valence-electron chi connectivity index (χ1n) is 7.76. The first kappa shape index (κ1) is 17.7. The Labute approximate surface area is 128 Å². The molecule has 118 valence electrons. The van der Waals surface area contributed by atoms with Gasteiger partial charge in [0.15, 0.2) is 0 Å². The van der Waals surface area contributed by atoms with Gasteiger partial charge in [-0.25, -0.2) is 0 Å². The Morgan fingerprint density at radius 1 is 1.19 bits per heavy atom. The molecule has 3 atom stereocenters.